The molecule has 0 saturated carbocycles. The summed E-state index contributed by atoms with van der Waals surface area (Å²) in [6.45, 7) is 3.96. The largest absolute Gasteiger partial charge is 0.396 e. The van der Waals surface area contributed by atoms with Crippen molar-refractivity contribution in [2.45, 2.75) is 26.7 Å². The lowest BCUT2D eigenvalue weighted by molar-refractivity contribution is 0.0924. The van der Waals surface area contributed by atoms with E-state index in [1.54, 1.807) is 0 Å². The van der Waals surface area contributed by atoms with Crippen LogP contribution < -0.4 is 5.32 Å². The van der Waals surface area contributed by atoms with E-state index in [-0.39, 0.29) is 18.6 Å². The number of amides is 1. The van der Waals surface area contributed by atoms with Crippen molar-refractivity contribution in [3.63, 3.8) is 0 Å². The Morgan fingerprint density at radius 3 is 2.30 bits per heavy atom. The topological polar surface area (TPSA) is 49.3 Å². The van der Waals surface area contributed by atoms with Crippen LogP contribution in [-0.2, 0) is 0 Å². The first-order valence-corrected chi connectivity index (χ1v) is 6.30. The summed E-state index contributed by atoms with van der Waals surface area (Å²) < 4.78 is 39.6. The summed E-state index contributed by atoms with van der Waals surface area (Å²) in [6, 6.07) is 0.934. The number of benzene rings is 1. The van der Waals surface area contributed by atoms with Gasteiger partial charge in [0.15, 0.2) is 0 Å². The minimum atomic E-state index is -1.23. The van der Waals surface area contributed by atoms with E-state index in [2.05, 4.69) is 5.32 Å². The molecule has 0 unspecified atom stereocenters. The first-order chi connectivity index (χ1) is 9.26. The summed E-state index contributed by atoms with van der Waals surface area (Å²) in [4.78, 5) is 11.8. The van der Waals surface area contributed by atoms with E-state index in [9.17, 15) is 18.0 Å². The second-order valence-corrected chi connectivity index (χ2v) is 5.42. The van der Waals surface area contributed by atoms with Crippen molar-refractivity contribution < 1.29 is 23.1 Å². The summed E-state index contributed by atoms with van der Waals surface area (Å²) in [7, 11) is 0. The Hall–Kier alpha value is -1.56. The number of rotatable bonds is 6. The maximum absolute atomic E-state index is 13.4. The van der Waals surface area contributed by atoms with Gasteiger partial charge in [-0.25, -0.2) is 13.2 Å². The van der Waals surface area contributed by atoms with E-state index in [0.29, 0.717) is 25.0 Å². The van der Waals surface area contributed by atoms with Gasteiger partial charge in [-0.15, -0.1) is 0 Å². The number of hydrogen-bond acceptors (Lipinski definition) is 2. The molecule has 1 aromatic carbocycles. The predicted octanol–water partition coefficient (Wildman–Crippen LogP) is 2.63. The summed E-state index contributed by atoms with van der Waals surface area (Å²) in [5.74, 6) is -4.45. The van der Waals surface area contributed by atoms with Gasteiger partial charge in [-0.3, -0.25) is 4.79 Å². The first kappa shape index (κ1) is 16.5. The average Bonchev–Trinajstić information content (AvgIpc) is 2.33. The fourth-order valence-corrected chi connectivity index (χ4v) is 1.81. The molecule has 1 rings (SSSR count). The van der Waals surface area contributed by atoms with Gasteiger partial charge >= 0.3 is 0 Å². The molecule has 0 aliphatic carbocycles. The maximum Gasteiger partial charge on any atom is 0.257 e. The molecule has 1 aromatic rings. The third kappa shape index (κ3) is 4.52. The van der Waals surface area contributed by atoms with Gasteiger partial charge in [0.1, 0.15) is 23.0 Å². The third-order valence-electron chi connectivity index (χ3n) is 2.97. The minimum absolute atomic E-state index is 0.0403. The van der Waals surface area contributed by atoms with Crippen molar-refractivity contribution in [2.75, 3.05) is 13.2 Å². The maximum atomic E-state index is 13.4. The van der Waals surface area contributed by atoms with Crippen LogP contribution in [0.1, 0.15) is 37.0 Å². The zero-order valence-electron chi connectivity index (χ0n) is 11.5. The van der Waals surface area contributed by atoms with Crippen LogP contribution in [0.2, 0.25) is 0 Å². The second kappa shape index (κ2) is 6.74. The highest BCUT2D eigenvalue weighted by atomic mass is 19.1. The number of aliphatic hydroxyl groups is 1. The highest BCUT2D eigenvalue weighted by molar-refractivity contribution is 5.94. The predicted molar refractivity (Wildman–Crippen MR) is 68.8 cm³/mol. The molecule has 0 aliphatic rings. The monoisotopic (exact) mass is 289 g/mol. The quantitative estimate of drug-likeness (QED) is 0.846. The van der Waals surface area contributed by atoms with Gasteiger partial charge in [-0.1, -0.05) is 13.8 Å². The molecule has 0 fully saturated rings. The molecule has 0 spiro atoms. The van der Waals surface area contributed by atoms with Crippen molar-refractivity contribution in [3.05, 3.63) is 35.1 Å². The lowest BCUT2D eigenvalue weighted by atomic mass is 9.88. The second-order valence-electron chi connectivity index (χ2n) is 5.42. The van der Waals surface area contributed by atoms with Gasteiger partial charge in [-0.05, 0) is 18.3 Å². The average molecular weight is 289 g/mol. The fourth-order valence-electron chi connectivity index (χ4n) is 1.81. The van der Waals surface area contributed by atoms with Crippen molar-refractivity contribution >= 4 is 5.91 Å². The minimum Gasteiger partial charge on any atom is -0.396 e. The van der Waals surface area contributed by atoms with Gasteiger partial charge in [0, 0.05) is 25.3 Å². The molecule has 3 nitrogen and oxygen atoms in total. The van der Waals surface area contributed by atoms with Crippen LogP contribution in [0.5, 0.6) is 0 Å². The molecule has 112 valence electrons. The van der Waals surface area contributed by atoms with E-state index in [1.807, 2.05) is 13.8 Å². The zero-order chi connectivity index (χ0) is 15.3. The summed E-state index contributed by atoms with van der Waals surface area (Å²) in [6.07, 6.45) is 1.22. The zero-order valence-corrected chi connectivity index (χ0v) is 11.5. The molecule has 2 N–H and O–H groups in total. The molecule has 0 aromatic heterocycles. The van der Waals surface area contributed by atoms with Gasteiger partial charge in [0.25, 0.3) is 5.91 Å². The standard InChI is InChI=1S/C14H18F3NO2/c1-14(2,4-3-5-19)8-18-13(20)12-10(16)6-9(15)7-11(12)17/h6-7,19H,3-5,8H2,1-2H3,(H,18,20). The van der Waals surface area contributed by atoms with Crippen molar-refractivity contribution in [3.8, 4) is 0 Å². The van der Waals surface area contributed by atoms with Gasteiger partial charge in [0.2, 0.25) is 0 Å². The van der Waals surface area contributed by atoms with E-state index >= 15 is 0 Å². The first-order valence-electron chi connectivity index (χ1n) is 6.30. The smallest absolute Gasteiger partial charge is 0.257 e. The van der Waals surface area contributed by atoms with E-state index < -0.39 is 28.9 Å². The van der Waals surface area contributed by atoms with Crippen molar-refractivity contribution in [2.24, 2.45) is 5.41 Å². The van der Waals surface area contributed by atoms with E-state index in [1.165, 1.54) is 0 Å². The van der Waals surface area contributed by atoms with Crippen LogP contribution >= 0.6 is 0 Å². The number of halogens is 3. The molecule has 0 aliphatic heterocycles. The Bertz CT molecular complexity index is 466. The summed E-state index contributed by atoms with van der Waals surface area (Å²) >= 11 is 0. The Kier molecular flexibility index (Phi) is 5.56. The number of carbonyl (C=O) groups excluding carboxylic acids is 1. The normalized spacial score (nSPS) is 11.5. The highest BCUT2D eigenvalue weighted by Crippen LogP contribution is 2.21. The molecule has 20 heavy (non-hydrogen) atoms. The van der Waals surface area contributed by atoms with Gasteiger partial charge < -0.3 is 10.4 Å². The molecule has 6 heteroatoms. The molecule has 1 amide bonds. The highest BCUT2D eigenvalue weighted by Gasteiger charge is 2.22. The Balaban J connectivity index is 2.73. The van der Waals surface area contributed by atoms with Gasteiger partial charge in [0.05, 0.1) is 0 Å². The number of aliphatic hydroxyl groups excluding tert-OH is 1. The van der Waals surface area contributed by atoms with Crippen LogP contribution in [0.15, 0.2) is 12.1 Å². The lowest BCUT2D eigenvalue weighted by Gasteiger charge is -2.24. The van der Waals surface area contributed by atoms with Crippen LogP contribution in [0.25, 0.3) is 0 Å². The van der Waals surface area contributed by atoms with Crippen LogP contribution in [-0.4, -0.2) is 24.2 Å². The van der Waals surface area contributed by atoms with Crippen molar-refractivity contribution in [1.29, 1.82) is 0 Å². The molecular weight excluding hydrogens is 271 g/mol. The van der Waals surface area contributed by atoms with Crippen LogP contribution in [0.3, 0.4) is 0 Å². The number of nitrogens with one attached hydrogen (secondary N) is 1. The van der Waals surface area contributed by atoms with Gasteiger partial charge in [-0.2, -0.15) is 0 Å². The molecule has 0 atom stereocenters. The molecule has 0 radical (unpaired) electrons. The molecule has 0 saturated heterocycles. The van der Waals surface area contributed by atoms with Crippen LogP contribution in [0, 0.1) is 22.9 Å². The molecule has 0 heterocycles. The van der Waals surface area contributed by atoms with Crippen molar-refractivity contribution in [1.82, 2.24) is 5.32 Å². The Morgan fingerprint density at radius 2 is 1.80 bits per heavy atom. The molecule has 0 bridgehead atoms. The number of hydrogen-bond donors (Lipinski definition) is 2. The van der Waals surface area contributed by atoms with E-state index in [4.69, 9.17) is 5.11 Å². The summed E-state index contributed by atoms with van der Waals surface area (Å²) in [5.41, 5.74) is -1.10. The fraction of sp³-hybridized carbons (Fsp3) is 0.500. The Labute approximate surface area is 115 Å². The molecular formula is C14H18F3NO2. The summed E-state index contributed by atoms with van der Waals surface area (Å²) in [5, 5.41) is 11.2. The number of carbonyl (C=O) groups is 1. The lowest BCUT2D eigenvalue weighted by Crippen LogP contribution is -2.35. The Morgan fingerprint density at radius 1 is 1.25 bits per heavy atom. The van der Waals surface area contributed by atoms with E-state index in [0.717, 1.165) is 0 Å². The SMILES string of the molecule is CC(C)(CCCO)CNC(=O)c1c(F)cc(F)cc1F. The van der Waals surface area contributed by atoms with Crippen LogP contribution in [0.4, 0.5) is 13.2 Å². The third-order valence-corrected chi connectivity index (χ3v) is 2.97.